The Morgan fingerprint density at radius 2 is 1.60 bits per heavy atom. The molecule has 0 spiro atoms. The molecule has 3 N–H and O–H groups in total. The lowest BCUT2D eigenvalue weighted by Crippen LogP contribution is -2.36. The smallest absolute Gasteiger partial charge is 0.412 e. The Balaban J connectivity index is 1.40. The molecule has 3 aromatic rings. The minimum atomic E-state index is -0.655. The Morgan fingerprint density at radius 3 is 2.28 bits per heavy atom. The average molecular weight is 587 g/mol. The van der Waals surface area contributed by atoms with Crippen LogP contribution in [0, 0.1) is 0 Å². The van der Waals surface area contributed by atoms with E-state index in [0.29, 0.717) is 24.5 Å². The molecule has 4 amide bonds. The van der Waals surface area contributed by atoms with E-state index in [1.165, 1.54) is 11.1 Å². The van der Waals surface area contributed by atoms with Crippen molar-refractivity contribution in [1.82, 2.24) is 14.8 Å². The molecular weight excluding hydrogens is 544 g/mol. The highest BCUT2D eigenvalue weighted by atomic mass is 16.6. The van der Waals surface area contributed by atoms with Crippen molar-refractivity contribution in [1.29, 1.82) is 0 Å². The summed E-state index contributed by atoms with van der Waals surface area (Å²) in [5.74, 6) is -0.429. The van der Waals surface area contributed by atoms with Crippen molar-refractivity contribution in [3.63, 3.8) is 0 Å². The highest BCUT2D eigenvalue weighted by Gasteiger charge is 2.19. The molecule has 0 bridgehead atoms. The van der Waals surface area contributed by atoms with Crippen LogP contribution in [0.2, 0.25) is 0 Å². The number of fused-ring (bicyclic) bond motifs is 1. The van der Waals surface area contributed by atoms with Gasteiger partial charge in [0.05, 0.1) is 11.4 Å². The summed E-state index contributed by atoms with van der Waals surface area (Å²) in [5.41, 5.74) is 4.64. The molecule has 0 atom stereocenters. The molecule has 0 saturated carbocycles. The van der Waals surface area contributed by atoms with E-state index in [9.17, 15) is 14.4 Å². The fourth-order valence-electron chi connectivity index (χ4n) is 4.86. The highest BCUT2D eigenvalue weighted by Crippen LogP contribution is 2.25. The van der Waals surface area contributed by atoms with Gasteiger partial charge in [0.15, 0.2) is 0 Å². The number of nitrogens with zero attached hydrogens (tertiary/aromatic N) is 3. The van der Waals surface area contributed by atoms with Crippen molar-refractivity contribution in [3.8, 4) is 0 Å². The lowest BCUT2D eigenvalue weighted by atomic mass is 10.1. The monoisotopic (exact) mass is 586 g/mol. The number of carbonyl (C=O) groups excluding carboxylic acids is 3. The third-order valence-electron chi connectivity index (χ3n) is 6.91. The van der Waals surface area contributed by atoms with Crippen LogP contribution in [0.1, 0.15) is 60.8 Å². The zero-order valence-corrected chi connectivity index (χ0v) is 25.7. The number of anilines is 3. The molecule has 2 aromatic carbocycles. The highest BCUT2D eigenvalue weighted by molar-refractivity contribution is 6.05. The molecule has 10 nitrogen and oxygen atoms in total. The van der Waals surface area contributed by atoms with E-state index in [1.54, 1.807) is 68.3 Å². The number of ether oxygens (including phenoxy) is 1. The Morgan fingerprint density at radius 1 is 0.884 bits per heavy atom. The number of amides is 4. The lowest BCUT2D eigenvalue weighted by molar-refractivity contribution is 0.0635. The molecule has 1 aliphatic rings. The second kappa shape index (κ2) is 14.2. The molecule has 1 aromatic heterocycles. The summed E-state index contributed by atoms with van der Waals surface area (Å²) in [4.78, 5) is 46.8. The molecule has 43 heavy (non-hydrogen) atoms. The van der Waals surface area contributed by atoms with Gasteiger partial charge in [0.25, 0.3) is 5.91 Å². The molecule has 0 unspecified atom stereocenters. The number of nitrogens with one attached hydrogen (secondary N) is 3. The van der Waals surface area contributed by atoms with Gasteiger partial charge in [-0.05, 0) is 114 Å². The van der Waals surface area contributed by atoms with Crippen LogP contribution < -0.4 is 16.0 Å². The first-order chi connectivity index (χ1) is 20.5. The van der Waals surface area contributed by atoms with Crippen LogP contribution >= 0.6 is 0 Å². The van der Waals surface area contributed by atoms with Crippen molar-refractivity contribution < 1.29 is 19.1 Å². The Hall–Kier alpha value is -4.44. The van der Waals surface area contributed by atoms with E-state index in [4.69, 9.17) is 4.74 Å². The largest absolute Gasteiger partial charge is 0.444 e. The van der Waals surface area contributed by atoms with Gasteiger partial charge in [-0.2, -0.15) is 0 Å². The fourth-order valence-corrected chi connectivity index (χ4v) is 4.86. The van der Waals surface area contributed by atoms with E-state index in [2.05, 4.69) is 38.0 Å². The van der Waals surface area contributed by atoms with Gasteiger partial charge in [0.2, 0.25) is 0 Å². The maximum atomic E-state index is 13.3. The zero-order chi connectivity index (χ0) is 31.0. The van der Waals surface area contributed by atoms with E-state index in [0.717, 1.165) is 43.5 Å². The van der Waals surface area contributed by atoms with Gasteiger partial charge >= 0.3 is 12.1 Å². The van der Waals surface area contributed by atoms with E-state index < -0.39 is 17.6 Å². The third-order valence-corrected chi connectivity index (χ3v) is 6.91. The molecule has 0 aliphatic heterocycles. The van der Waals surface area contributed by atoms with Crippen LogP contribution in [0.5, 0.6) is 0 Å². The summed E-state index contributed by atoms with van der Waals surface area (Å²) in [6.45, 7) is 7.10. The Kier molecular flexibility index (Phi) is 10.4. The summed E-state index contributed by atoms with van der Waals surface area (Å²) >= 11 is 0. The Bertz CT molecular complexity index is 1430. The number of urea groups is 1. The number of hydrogen-bond donors (Lipinski definition) is 3. The zero-order valence-electron chi connectivity index (χ0n) is 25.7. The van der Waals surface area contributed by atoms with Crippen LogP contribution in [0.25, 0.3) is 0 Å². The van der Waals surface area contributed by atoms with Crippen molar-refractivity contribution in [2.75, 3.05) is 43.1 Å². The summed E-state index contributed by atoms with van der Waals surface area (Å²) in [5, 5.41) is 8.55. The van der Waals surface area contributed by atoms with Crippen molar-refractivity contribution in [2.24, 2.45) is 0 Å². The van der Waals surface area contributed by atoms with Crippen LogP contribution in [0.3, 0.4) is 0 Å². The maximum absolute atomic E-state index is 13.3. The number of pyridine rings is 1. The van der Waals surface area contributed by atoms with Gasteiger partial charge in [-0.3, -0.25) is 15.1 Å². The first kappa shape index (κ1) is 31.5. The summed E-state index contributed by atoms with van der Waals surface area (Å²) in [7, 11) is 4.02. The molecule has 0 saturated heterocycles. The molecule has 228 valence electrons. The van der Waals surface area contributed by atoms with Gasteiger partial charge < -0.3 is 25.2 Å². The van der Waals surface area contributed by atoms with Crippen molar-refractivity contribution >= 4 is 35.1 Å². The number of carbonyl (C=O) groups is 3. The number of aryl methyl sites for hydroxylation is 2. The van der Waals surface area contributed by atoms with Crippen LogP contribution in [0.15, 0.2) is 60.8 Å². The molecule has 10 heteroatoms. The van der Waals surface area contributed by atoms with Gasteiger partial charge in [-0.1, -0.05) is 24.3 Å². The van der Waals surface area contributed by atoms with Gasteiger partial charge in [0.1, 0.15) is 11.3 Å². The Labute approximate surface area is 253 Å². The maximum Gasteiger partial charge on any atom is 0.412 e. The normalized spacial score (nSPS) is 12.4. The number of aromatic nitrogens is 1. The first-order valence-corrected chi connectivity index (χ1v) is 14.6. The molecule has 1 heterocycles. The first-order valence-electron chi connectivity index (χ1n) is 14.6. The molecule has 4 rings (SSSR count). The van der Waals surface area contributed by atoms with E-state index in [-0.39, 0.29) is 11.7 Å². The summed E-state index contributed by atoms with van der Waals surface area (Å²) in [6, 6.07) is 16.3. The number of hydrogen-bond acceptors (Lipinski definition) is 6. The van der Waals surface area contributed by atoms with Gasteiger partial charge in [-0.25, -0.2) is 9.59 Å². The summed E-state index contributed by atoms with van der Waals surface area (Å²) in [6.07, 6.45) is 5.10. The molecule has 0 radical (unpaired) electrons. The van der Waals surface area contributed by atoms with Crippen molar-refractivity contribution in [2.45, 2.75) is 58.6 Å². The quantitative estimate of drug-likeness (QED) is 0.262. The molecule has 1 aliphatic carbocycles. The standard InChI is InChI=1S/C33H42N6O4/c1-33(2,3)43-32(42)37-28-13-7-6-12-27(28)36-30(40)29-17-14-23(21-34-29)22-39(19-9-18-38(4)5)31(41)35-26-16-15-24-10-8-11-25(24)20-26/h6-7,12-17,20-21H,8-11,18-19,22H2,1-5H3,(H,35,41)(H,36,40)(H,37,42). The summed E-state index contributed by atoms with van der Waals surface area (Å²) < 4.78 is 5.32. The minimum Gasteiger partial charge on any atom is -0.444 e. The SMILES string of the molecule is CN(C)CCCN(Cc1ccc(C(=O)Nc2ccccc2NC(=O)OC(C)(C)C)nc1)C(=O)Nc1ccc2c(c1)CCC2. The van der Waals surface area contributed by atoms with Crippen LogP contribution in [-0.4, -0.2) is 65.6 Å². The van der Waals surface area contributed by atoms with E-state index in [1.807, 2.05) is 20.2 Å². The minimum absolute atomic E-state index is 0.174. The second-order valence-corrected chi connectivity index (χ2v) is 12.0. The van der Waals surface area contributed by atoms with Crippen LogP contribution in [0.4, 0.5) is 26.7 Å². The lowest BCUT2D eigenvalue weighted by Gasteiger charge is -2.24. The second-order valence-electron chi connectivity index (χ2n) is 12.0. The number of benzene rings is 2. The van der Waals surface area contributed by atoms with Gasteiger partial charge in [-0.15, -0.1) is 0 Å². The molecular formula is C33H42N6O4. The number of para-hydroxylation sites is 2. The predicted molar refractivity (Wildman–Crippen MR) is 170 cm³/mol. The number of rotatable bonds is 10. The van der Waals surface area contributed by atoms with Crippen molar-refractivity contribution in [3.05, 3.63) is 83.2 Å². The molecule has 0 fully saturated rings. The van der Waals surface area contributed by atoms with Gasteiger partial charge in [0, 0.05) is 25.0 Å². The topological polar surface area (TPSA) is 116 Å². The average Bonchev–Trinajstić information content (AvgIpc) is 3.41. The third kappa shape index (κ3) is 9.54. The van der Waals surface area contributed by atoms with Crippen LogP contribution in [-0.2, 0) is 24.1 Å². The predicted octanol–water partition coefficient (Wildman–Crippen LogP) is 6.16. The fraction of sp³-hybridized carbons (Fsp3) is 0.394. The van der Waals surface area contributed by atoms with E-state index >= 15 is 0 Å².